The van der Waals surface area contributed by atoms with E-state index in [4.69, 9.17) is 0 Å². The van der Waals surface area contributed by atoms with Crippen LogP contribution in [0.4, 0.5) is 0 Å². The third-order valence-corrected chi connectivity index (χ3v) is 6.73. The number of thiophene rings is 2. The lowest BCUT2D eigenvalue weighted by atomic mass is 10.1. The second-order valence-electron chi connectivity index (χ2n) is 7.04. The second-order valence-corrected chi connectivity index (χ2v) is 8.53. The van der Waals surface area contributed by atoms with Crippen LogP contribution in [0, 0.1) is 0 Å². The SMILES string of the molecule is O=C1c2cscc2C(=O)N1CCCCCCCCN1C(=O)c2cscc2C1=O. The molecule has 2 aromatic heterocycles. The van der Waals surface area contributed by atoms with Crippen LogP contribution in [0.25, 0.3) is 0 Å². The Hall–Kier alpha value is -2.32. The third-order valence-electron chi connectivity index (χ3n) is 5.24. The number of amides is 4. The third kappa shape index (κ3) is 3.31. The Labute approximate surface area is 170 Å². The van der Waals surface area contributed by atoms with E-state index in [1.807, 2.05) is 0 Å². The molecule has 146 valence electrons. The summed E-state index contributed by atoms with van der Waals surface area (Å²) >= 11 is 2.77. The maximum Gasteiger partial charge on any atom is 0.262 e. The quantitative estimate of drug-likeness (QED) is 0.457. The highest BCUT2D eigenvalue weighted by atomic mass is 32.1. The predicted octanol–water partition coefficient (Wildman–Crippen LogP) is 4.04. The van der Waals surface area contributed by atoms with Crippen molar-refractivity contribution < 1.29 is 19.2 Å². The zero-order valence-corrected chi connectivity index (χ0v) is 16.9. The van der Waals surface area contributed by atoms with Gasteiger partial charge in [-0.1, -0.05) is 25.7 Å². The zero-order chi connectivity index (χ0) is 19.7. The minimum atomic E-state index is -0.172. The molecule has 0 saturated carbocycles. The molecule has 4 amide bonds. The summed E-state index contributed by atoms with van der Waals surface area (Å²) in [4.78, 5) is 51.4. The zero-order valence-electron chi connectivity index (χ0n) is 15.3. The van der Waals surface area contributed by atoms with Crippen LogP contribution in [0.2, 0.25) is 0 Å². The maximum absolute atomic E-state index is 12.2. The number of carbonyl (C=O) groups is 4. The smallest absolute Gasteiger partial charge is 0.262 e. The van der Waals surface area contributed by atoms with Crippen LogP contribution in [0.5, 0.6) is 0 Å². The molecular weight excluding hydrogens is 396 g/mol. The van der Waals surface area contributed by atoms with E-state index in [9.17, 15) is 19.2 Å². The Morgan fingerprint density at radius 1 is 0.500 bits per heavy atom. The van der Waals surface area contributed by atoms with Gasteiger partial charge in [-0.05, 0) is 12.8 Å². The number of carbonyl (C=O) groups excluding carboxylic acids is 4. The van der Waals surface area contributed by atoms with Crippen LogP contribution < -0.4 is 0 Å². The van der Waals surface area contributed by atoms with Crippen molar-refractivity contribution in [2.45, 2.75) is 38.5 Å². The van der Waals surface area contributed by atoms with Crippen LogP contribution in [0.3, 0.4) is 0 Å². The summed E-state index contributed by atoms with van der Waals surface area (Å²) in [5.41, 5.74) is 2.15. The highest BCUT2D eigenvalue weighted by molar-refractivity contribution is 7.08. The summed E-state index contributed by atoms with van der Waals surface area (Å²) in [6.07, 6.45) is 5.51. The first kappa shape index (κ1) is 19.0. The normalized spacial score (nSPS) is 15.7. The summed E-state index contributed by atoms with van der Waals surface area (Å²) in [6, 6.07) is 0. The lowest BCUT2D eigenvalue weighted by Crippen LogP contribution is -2.31. The molecule has 8 heteroatoms. The Kier molecular flexibility index (Phi) is 5.41. The van der Waals surface area contributed by atoms with E-state index >= 15 is 0 Å². The van der Waals surface area contributed by atoms with Crippen LogP contribution in [0.15, 0.2) is 21.5 Å². The largest absolute Gasteiger partial charge is 0.274 e. The Morgan fingerprint density at radius 2 is 0.786 bits per heavy atom. The predicted molar refractivity (Wildman–Crippen MR) is 107 cm³/mol. The molecule has 2 aromatic rings. The van der Waals surface area contributed by atoms with Crippen molar-refractivity contribution in [2.24, 2.45) is 0 Å². The number of imide groups is 2. The van der Waals surface area contributed by atoms with E-state index in [0.717, 1.165) is 38.5 Å². The van der Waals surface area contributed by atoms with Gasteiger partial charge >= 0.3 is 0 Å². The van der Waals surface area contributed by atoms with Gasteiger partial charge in [0.25, 0.3) is 23.6 Å². The Bertz CT molecular complexity index is 808. The molecule has 0 spiro atoms. The molecule has 0 aliphatic carbocycles. The van der Waals surface area contributed by atoms with E-state index in [0.29, 0.717) is 35.3 Å². The highest BCUT2D eigenvalue weighted by Crippen LogP contribution is 2.27. The summed E-state index contributed by atoms with van der Waals surface area (Å²) in [5, 5.41) is 6.96. The Morgan fingerprint density at radius 3 is 1.11 bits per heavy atom. The number of hydrogen-bond donors (Lipinski definition) is 0. The van der Waals surface area contributed by atoms with Gasteiger partial charge in [0, 0.05) is 34.6 Å². The first-order chi connectivity index (χ1) is 13.6. The van der Waals surface area contributed by atoms with Crippen molar-refractivity contribution >= 4 is 46.3 Å². The van der Waals surface area contributed by atoms with Crippen molar-refractivity contribution in [1.82, 2.24) is 9.80 Å². The molecule has 28 heavy (non-hydrogen) atoms. The summed E-state index contributed by atoms with van der Waals surface area (Å²) < 4.78 is 0. The fourth-order valence-electron chi connectivity index (χ4n) is 3.68. The van der Waals surface area contributed by atoms with Gasteiger partial charge in [0.15, 0.2) is 0 Å². The van der Waals surface area contributed by atoms with Crippen molar-refractivity contribution in [3.05, 3.63) is 43.8 Å². The van der Waals surface area contributed by atoms with E-state index in [1.165, 1.54) is 32.5 Å². The first-order valence-electron chi connectivity index (χ1n) is 9.44. The molecule has 0 unspecified atom stereocenters. The molecule has 4 rings (SSSR count). The monoisotopic (exact) mass is 416 g/mol. The van der Waals surface area contributed by atoms with Crippen molar-refractivity contribution in [3.63, 3.8) is 0 Å². The van der Waals surface area contributed by atoms with E-state index < -0.39 is 0 Å². The van der Waals surface area contributed by atoms with Gasteiger partial charge in [0.1, 0.15) is 0 Å². The van der Waals surface area contributed by atoms with Gasteiger partial charge in [0.05, 0.1) is 22.3 Å². The molecule has 0 bridgehead atoms. The molecule has 0 aromatic carbocycles. The van der Waals surface area contributed by atoms with E-state index in [1.54, 1.807) is 21.5 Å². The standard InChI is InChI=1S/C20H20N2O4S2/c23-17-13-9-27-10-14(13)18(24)21(17)7-5-3-1-2-4-6-8-22-19(25)15-11-28-12-16(15)20(22)26/h9-12H,1-8H2. The van der Waals surface area contributed by atoms with Gasteiger partial charge in [-0.2, -0.15) is 22.7 Å². The molecule has 0 atom stereocenters. The fraction of sp³-hybridized carbons (Fsp3) is 0.400. The van der Waals surface area contributed by atoms with Gasteiger partial charge in [-0.15, -0.1) is 0 Å². The molecule has 2 aliphatic heterocycles. The van der Waals surface area contributed by atoms with Gasteiger partial charge in [-0.3, -0.25) is 29.0 Å². The lowest BCUT2D eigenvalue weighted by Gasteiger charge is -2.14. The first-order valence-corrected chi connectivity index (χ1v) is 11.3. The molecule has 4 heterocycles. The molecule has 0 saturated heterocycles. The van der Waals surface area contributed by atoms with Crippen LogP contribution in [-0.2, 0) is 0 Å². The van der Waals surface area contributed by atoms with Crippen LogP contribution in [0.1, 0.15) is 80.0 Å². The van der Waals surface area contributed by atoms with Crippen molar-refractivity contribution in [2.75, 3.05) is 13.1 Å². The van der Waals surface area contributed by atoms with Gasteiger partial charge < -0.3 is 0 Å². The lowest BCUT2D eigenvalue weighted by molar-refractivity contribution is 0.0634. The summed E-state index contributed by atoms with van der Waals surface area (Å²) in [5.74, 6) is -0.687. The molecule has 0 radical (unpaired) electrons. The van der Waals surface area contributed by atoms with Gasteiger partial charge in [0.2, 0.25) is 0 Å². The second kappa shape index (κ2) is 7.97. The fourth-order valence-corrected chi connectivity index (χ4v) is 5.27. The average Bonchev–Trinajstić information content (AvgIpc) is 3.43. The average molecular weight is 417 g/mol. The van der Waals surface area contributed by atoms with Crippen LogP contribution >= 0.6 is 22.7 Å². The van der Waals surface area contributed by atoms with Crippen LogP contribution in [-0.4, -0.2) is 46.5 Å². The number of fused-ring (bicyclic) bond motifs is 2. The van der Waals surface area contributed by atoms with E-state index in [-0.39, 0.29) is 23.6 Å². The topological polar surface area (TPSA) is 74.8 Å². The summed E-state index contributed by atoms with van der Waals surface area (Å²) in [6.45, 7) is 0.937. The summed E-state index contributed by atoms with van der Waals surface area (Å²) in [7, 11) is 0. The van der Waals surface area contributed by atoms with E-state index in [2.05, 4.69) is 0 Å². The van der Waals surface area contributed by atoms with Crippen molar-refractivity contribution in [3.8, 4) is 0 Å². The van der Waals surface area contributed by atoms with Gasteiger partial charge in [-0.25, -0.2) is 0 Å². The molecule has 6 nitrogen and oxygen atoms in total. The number of hydrogen-bond acceptors (Lipinski definition) is 6. The minimum Gasteiger partial charge on any atom is -0.274 e. The molecule has 0 N–H and O–H groups in total. The van der Waals surface area contributed by atoms with Crippen molar-refractivity contribution in [1.29, 1.82) is 0 Å². The minimum absolute atomic E-state index is 0.172. The highest BCUT2D eigenvalue weighted by Gasteiger charge is 2.36. The number of unbranched alkanes of at least 4 members (excludes halogenated alkanes) is 5. The Balaban J connectivity index is 1.10. The molecule has 0 fully saturated rings. The molecule has 2 aliphatic rings. The maximum atomic E-state index is 12.2. The molecular formula is C20H20N2O4S2. The number of rotatable bonds is 9. The number of nitrogens with zero attached hydrogens (tertiary/aromatic N) is 2.